The van der Waals surface area contributed by atoms with Crippen molar-refractivity contribution in [2.24, 2.45) is 5.41 Å². The molecule has 0 aromatic heterocycles. The summed E-state index contributed by atoms with van der Waals surface area (Å²) < 4.78 is 1.16. The zero-order chi connectivity index (χ0) is 16.0. The SMILES string of the molecule is C[N+]12CCC(CNC(=O)c3ccc(O)c(O)c3Cl)(CC1)CC2. The monoisotopic (exact) mass is 325 g/mol. The minimum Gasteiger partial charge on any atom is -0.504 e. The molecule has 3 saturated heterocycles. The van der Waals surface area contributed by atoms with Gasteiger partial charge in [0.1, 0.15) is 0 Å². The Bertz CT molecular complexity index is 593. The van der Waals surface area contributed by atoms with Gasteiger partial charge >= 0.3 is 0 Å². The van der Waals surface area contributed by atoms with Crippen molar-refractivity contribution in [2.45, 2.75) is 19.3 Å². The van der Waals surface area contributed by atoms with Crippen LogP contribution in [0.2, 0.25) is 5.02 Å². The Morgan fingerprint density at radius 3 is 2.45 bits per heavy atom. The summed E-state index contributed by atoms with van der Waals surface area (Å²) in [5.41, 5.74) is 0.400. The molecule has 0 radical (unpaired) electrons. The van der Waals surface area contributed by atoms with Gasteiger partial charge in [-0.25, -0.2) is 0 Å². The third-order valence-electron chi connectivity index (χ3n) is 5.51. The number of benzene rings is 1. The first kappa shape index (κ1) is 15.4. The van der Waals surface area contributed by atoms with E-state index in [0.717, 1.165) is 23.7 Å². The molecule has 3 N–H and O–H groups in total. The van der Waals surface area contributed by atoms with Crippen LogP contribution < -0.4 is 5.32 Å². The van der Waals surface area contributed by atoms with Crippen molar-refractivity contribution >= 4 is 17.5 Å². The number of phenols is 2. The Hall–Kier alpha value is -1.46. The number of carbonyl (C=O) groups excluding carboxylic acids is 1. The topological polar surface area (TPSA) is 69.6 Å². The van der Waals surface area contributed by atoms with Gasteiger partial charge in [-0.1, -0.05) is 11.6 Å². The van der Waals surface area contributed by atoms with Gasteiger partial charge in [0.05, 0.1) is 37.3 Å². The number of hydrogen-bond acceptors (Lipinski definition) is 3. The minimum absolute atomic E-state index is 0.105. The molecule has 120 valence electrons. The molecule has 1 aromatic carbocycles. The average Bonchev–Trinajstić information content (AvgIpc) is 2.52. The number of nitrogens with zero attached hydrogens (tertiary/aromatic N) is 1. The molecule has 5 nitrogen and oxygen atoms in total. The summed E-state index contributed by atoms with van der Waals surface area (Å²) >= 11 is 5.94. The van der Waals surface area contributed by atoms with Crippen LogP contribution in [-0.4, -0.2) is 53.8 Å². The van der Waals surface area contributed by atoms with Crippen LogP contribution in [0.5, 0.6) is 11.5 Å². The van der Waals surface area contributed by atoms with Crippen molar-refractivity contribution in [2.75, 3.05) is 33.2 Å². The predicted octanol–water partition coefficient (Wildman–Crippen LogP) is 2.11. The van der Waals surface area contributed by atoms with Gasteiger partial charge < -0.3 is 20.0 Å². The molecule has 0 spiro atoms. The molecule has 1 aromatic rings. The molecule has 3 aliphatic rings. The van der Waals surface area contributed by atoms with Crippen molar-refractivity contribution in [3.8, 4) is 11.5 Å². The summed E-state index contributed by atoms with van der Waals surface area (Å²) in [4.78, 5) is 12.3. The first-order valence-electron chi connectivity index (χ1n) is 7.66. The van der Waals surface area contributed by atoms with Crippen LogP contribution in [0.4, 0.5) is 0 Å². The Morgan fingerprint density at radius 2 is 1.86 bits per heavy atom. The van der Waals surface area contributed by atoms with E-state index in [1.54, 1.807) is 0 Å². The summed E-state index contributed by atoms with van der Waals surface area (Å²) in [5.74, 6) is -1.07. The molecule has 4 rings (SSSR count). The molecular weight excluding hydrogens is 304 g/mol. The van der Waals surface area contributed by atoms with Gasteiger partial charge in [-0.2, -0.15) is 0 Å². The van der Waals surface area contributed by atoms with Crippen molar-refractivity contribution in [3.63, 3.8) is 0 Å². The van der Waals surface area contributed by atoms with Crippen LogP contribution in [0.25, 0.3) is 0 Å². The van der Waals surface area contributed by atoms with E-state index in [2.05, 4.69) is 12.4 Å². The Labute approximate surface area is 135 Å². The third-order valence-corrected chi connectivity index (χ3v) is 5.89. The van der Waals surface area contributed by atoms with Gasteiger partial charge in [-0.15, -0.1) is 0 Å². The number of hydrogen-bond donors (Lipinski definition) is 3. The molecule has 6 heteroatoms. The second kappa shape index (κ2) is 5.32. The van der Waals surface area contributed by atoms with Crippen LogP contribution in [0.15, 0.2) is 12.1 Å². The molecule has 0 unspecified atom stereocenters. The Morgan fingerprint density at radius 1 is 1.27 bits per heavy atom. The van der Waals surface area contributed by atoms with E-state index in [-0.39, 0.29) is 27.7 Å². The highest BCUT2D eigenvalue weighted by Gasteiger charge is 2.46. The Balaban J connectivity index is 1.67. The number of amides is 1. The normalized spacial score (nSPS) is 30.3. The zero-order valence-electron chi connectivity index (χ0n) is 12.7. The predicted molar refractivity (Wildman–Crippen MR) is 84.2 cm³/mol. The van der Waals surface area contributed by atoms with E-state index in [4.69, 9.17) is 11.6 Å². The van der Waals surface area contributed by atoms with E-state index < -0.39 is 5.75 Å². The summed E-state index contributed by atoms with van der Waals surface area (Å²) in [5, 5.41) is 21.9. The molecule has 3 heterocycles. The van der Waals surface area contributed by atoms with Crippen molar-refractivity contribution in [3.05, 3.63) is 22.7 Å². The van der Waals surface area contributed by atoms with Crippen LogP contribution in [0.1, 0.15) is 29.6 Å². The number of rotatable bonds is 3. The molecule has 2 bridgehead atoms. The number of phenolic OH excluding ortho intramolecular Hbond substituents is 2. The zero-order valence-corrected chi connectivity index (χ0v) is 13.5. The van der Waals surface area contributed by atoms with Crippen molar-refractivity contribution in [1.82, 2.24) is 5.32 Å². The molecule has 0 saturated carbocycles. The fraction of sp³-hybridized carbons (Fsp3) is 0.562. The molecule has 3 fully saturated rings. The first-order valence-corrected chi connectivity index (χ1v) is 8.04. The lowest BCUT2D eigenvalue weighted by molar-refractivity contribution is -0.927. The smallest absolute Gasteiger partial charge is 0.252 e. The van der Waals surface area contributed by atoms with E-state index in [0.29, 0.717) is 6.54 Å². The number of fused-ring (bicyclic) bond motifs is 3. The van der Waals surface area contributed by atoms with Crippen LogP contribution in [-0.2, 0) is 0 Å². The molecule has 0 aliphatic carbocycles. The molecule has 1 amide bonds. The molecule has 0 atom stereocenters. The number of aromatic hydroxyl groups is 2. The lowest BCUT2D eigenvalue weighted by Gasteiger charge is -2.53. The fourth-order valence-electron chi connectivity index (χ4n) is 3.59. The minimum atomic E-state index is -0.448. The first-order chi connectivity index (χ1) is 10.3. The lowest BCUT2D eigenvalue weighted by Crippen LogP contribution is -2.61. The largest absolute Gasteiger partial charge is 0.504 e. The molecule has 3 aliphatic heterocycles. The van der Waals surface area contributed by atoms with E-state index in [1.807, 2.05) is 0 Å². The van der Waals surface area contributed by atoms with Crippen molar-refractivity contribution < 1.29 is 19.5 Å². The number of carbonyl (C=O) groups is 1. The van der Waals surface area contributed by atoms with E-state index >= 15 is 0 Å². The maximum absolute atomic E-state index is 12.3. The highest BCUT2D eigenvalue weighted by Crippen LogP contribution is 2.42. The van der Waals surface area contributed by atoms with Crippen molar-refractivity contribution in [1.29, 1.82) is 0 Å². The summed E-state index contributed by atoms with van der Waals surface area (Å²) in [6, 6.07) is 2.71. The standard InChI is InChI=1S/C16H21ClN2O3/c1-19-7-4-16(5-8-19,6-9-19)10-18-15(22)11-2-3-12(20)14(21)13(11)17/h2-3H,4-10H2,1H3,(H2-,18,20,21,22)/p+1. The number of nitrogens with one attached hydrogen (secondary N) is 1. The highest BCUT2D eigenvalue weighted by atomic mass is 35.5. The van der Waals surface area contributed by atoms with Gasteiger partial charge in [-0.05, 0) is 12.1 Å². The van der Waals surface area contributed by atoms with Crippen LogP contribution >= 0.6 is 11.6 Å². The Kier molecular flexibility index (Phi) is 3.73. The summed E-state index contributed by atoms with van der Waals surface area (Å²) in [6.45, 7) is 4.17. The third kappa shape index (κ3) is 2.63. The van der Waals surface area contributed by atoms with Gasteiger partial charge in [-0.3, -0.25) is 4.79 Å². The number of halogens is 1. The highest BCUT2D eigenvalue weighted by molar-refractivity contribution is 6.35. The fourth-order valence-corrected chi connectivity index (χ4v) is 3.84. The lowest BCUT2D eigenvalue weighted by atomic mass is 9.71. The van der Waals surface area contributed by atoms with Gasteiger partial charge in [0, 0.05) is 31.2 Å². The van der Waals surface area contributed by atoms with E-state index in [9.17, 15) is 15.0 Å². The van der Waals surface area contributed by atoms with E-state index in [1.165, 1.54) is 31.8 Å². The quantitative estimate of drug-likeness (QED) is 0.589. The van der Waals surface area contributed by atoms with Crippen LogP contribution in [0.3, 0.4) is 0 Å². The maximum atomic E-state index is 12.3. The maximum Gasteiger partial charge on any atom is 0.252 e. The molecular formula is C16H22ClN2O3+. The average molecular weight is 326 g/mol. The van der Waals surface area contributed by atoms with Gasteiger partial charge in [0.15, 0.2) is 11.5 Å². The van der Waals surface area contributed by atoms with Crippen LogP contribution in [0, 0.1) is 5.41 Å². The van der Waals surface area contributed by atoms with Gasteiger partial charge in [0.2, 0.25) is 0 Å². The number of quaternary nitrogens is 1. The second-order valence-corrected chi connectivity index (χ2v) is 7.40. The van der Waals surface area contributed by atoms with Gasteiger partial charge in [0.25, 0.3) is 5.91 Å². The summed E-state index contributed by atoms with van der Waals surface area (Å²) in [7, 11) is 2.31. The number of piperidine rings is 3. The molecule has 22 heavy (non-hydrogen) atoms. The second-order valence-electron chi connectivity index (χ2n) is 7.02. The summed E-state index contributed by atoms with van der Waals surface area (Å²) in [6.07, 6.45) is 3.41.